The highest BCUT2D eigenvalue weighted by Crippen LogP contribution is 2.28. The Morgan fingerprint density at radius 3 is 2.70 bits per heavy atom. The Kier molecular flexibility index (Phi) is 7.75. The summed E-state index contributed by atoms with van der Waals surface area (Å²) in [6.07, 6.45) is 0. The van der Waals surface area contributed by atoms with Crippen LogP contribution in [0.15, 0.2) is 48.5 Å². The standard InChI is InChI=1S/C22H19ClN6O4/c1-13-7-17(11-30)27-22(25-13)29-28-21(32)20(31)26-16-5-6-19(18(23)9-16)33-12-15-4-2-3-14(8-15)10-24/h2-9,30H,11-12H2,1H3,(H,26,31)(H,28,32)(H,25,27,29). The quantitative estimate of drug-likeness (QED) is 0.306. The number of amides is 2. The van der Waals surface area contributed by atoms with Crippen LogP contribution in [0.25, 0.3) is 0 Å². The van der Waals surface area contributed by atoms with Crippen molar-refractivity contribution >= 4 is 35.1 Å². The van der Waals surface area contributed by atoms with Crippen LogP contribution in [0.4, 0.5) is 11.6 Å². The topological polar surface area (TPSA) is 149 Å². The van der Waals surface area contributed by atoms with Gasteiger partial charge in [0.25, 0.3) is 0 Å². The number of halogens is 1. The molecule has 0 spiro atoms. The first-order valence-corrected chi connectivity index (χ1v) is 10.00. The molecule has 1 heterocycles. The monoisotopic (exact) mass is 466 g/mol. The van der Waals surface area contributed by atoms with E-state index in [4.69, 9.17) is 21.6 Å². The van der Waals surface area contributed by atoms with Gasteiger partial charge in [-0.05, 0) is 48.9 Å². The summed E-state index contributed by atoms with van der Waals surface area (Å²) >= 11 is 6.22. The fraction of sp³-hybridized carbons (Fsp3) is 0.136. The zero-order valence-electron chi connectivity index (χ0n) is 17.4. The van der Waals surface area contributed by atoms with Gasteiger partial charge in [0.1, 0.15) is 12.4 Å². The predicted molar refractivity (Wildman–Crippen MR) is 120 cm³/mol. The van der Waals surface area contributed by atoms with Crippen molar-refractivity contribution in [2.45, 2.75) is 20.1 Å². The third-order valence-electron chi connectivity index (χ3n) is 4.20. The second-order valence-electron chi connectivity index (χ2n) is 6.76. The number of aryl methyl sites for hydroxylation is 1. The average Bonchev–Trinajstić information content (AvgIpc) is 2.81. The van der Waals surface area contributed by atoms with Crippen LogP contribution in [0.3, 0.4) is 0 Å². The number of anilines is 2. The molecule has 0 saturated carbocycles. The van der Waals surface area contributed by atoms with Crippen LogP contribution in [0.2, 0.25) is 5.02 Å². The molecule has 11 heteroatoms. The van der Waals surface area contributed by atoms with E-state index in [9.17, 15) is 14.7 Å². The summed E-state index contributed by atoms with van der Waals surface area (Å²) in [5.41, 5.74) is 7.16. The predicted octanol–water partition coefficient (Wildman–Crippen LogP) is 2.46. The van der Waals surface area contributed by atoms with Crippen LogP contribution in [0.5, 0.6) is 5.75 Å². The molecule has 0 fully saturated rings. The second-order valence-corrected chi connectivity index (χ2v) is 7.17. The summed E-state index contributed by atoms with van der Waals surface area (Å²) in [7, 11) is 0. The molecule has 4 N–H and O–H groups in total. The van der Waals surface area contributed by atoms with E-state index >= 15 is 0 Å². The first-order valence-electron chi connectivity index (χ1n) is 9.62. The summed E-state index contributed by atoms with van der Waals surface area (Å²) in [6, 6.07) is 15.2. The van der Waals surface area contributed by atoms with E-state index in [2.05, 4.69) is 32.2 Å². The Balaban J connectivity index is 1.55. The Hall–Kier alpha value is -4.20. The molecule has 0 aliphatic rings. The van der Waals surface area contributed by atoms with E-state index < -0.39 is 11.8 Å². The van der Waals surface area contributed by atoms with E-state index in [1.807, 2.05) is 6.07 Å². The maximum absolute atomic E-state index is 12.1. The van der Waals surface area contributed by atoms with E-state index in [0.717, 1.165) is 5.56 Å². The number of hydrogen-bond acceptors (Lipinski definition) is 8. The molecule has 1 aromatic heterocycles. The number of aliphatic hydroxyl groups excluding tert-OH is 1. The molecule has 0 saturated heterocycles. The van der Waals surface area contributed by atoms with Gasteiger partial charge in [-0.15, -0.1) is 0 Å². The van der Waals surface area contributed by atoms with Crippen molar-refractivity contribution in [1.29, 1.82) is 5.26 Å². The van der Waals surface area contributed by atoms with Crippen LogP contribution >= 0.6 is 11.6 Å². The third kappa shape index (κ3) is 6.64. The highest BCUT2D eigenvalue weighted by atomic mass is 35.5. The number of hydrogen-bond donors (Lipinski definition) is 4. The largest absolute Gasteiger partial charge is 0.487 e. The van der Waals surface area contributed by atoms with Gasteiger partial charge < -0.3 is 15.2 Å². The molecular formula is C22H19ClN6O4. The SMILES string of the molecule is Cc1cc(CO)nc(NNC(=O)C(=O)Nc2ccc(OCc3cccc(C#N)c3)c(Cl)c2)n1. The molecule has 0 bridgehead atoms. The smallest absolute Gasteiger partial charge is 0.328 e. The van der Waals surface area contributed by atoms with Crippen LogP contribution in [-0.2, 0) is 22.8 Å². The van der Waals surface area contributed by atoms with Gasteiger partial charge in [-0.1, -0.05) is 23.7 Å². The first kappa shape index (κ1) is 23.5. The van der Waals surface area contributed by atoms with E-state index in [1.165, 1.54) is 12.1 Å². The summed E-state index contributed by atoms with van der Waals surface area (Å²) in [6.45, 7) is 1.61. The number of aliphatic hydroxyl groups is 1. The summed E-state index contributed by atoms with van der Waals surface area (Å²) in [4.78, 5) is 32.2. The zero-order valence-corrected chi connectivity index (χ0v) is 18.2. The molecule has 33 heavy (non-hydrogen) atoms. The fourth-order valence-corrected chi connectivity index (χ4v) is 2.95. The van der Waals surface area contributed by atoms with Crippen LogP contribution in [0.1, 0.15) is 22.5 Å². The van der Waals surface area contributed by atoms with Crippen LogP contribution in [0, 0.1) is 18.3 Å². The van der Waals surface area contributed by atoms with Crippen molar-refractivity contribution in [2.24, 2.45) is 0 Å². The molecule has 0 radical (unpaired) electrons. The number of rotatable bonds is 7. The molecular weight excluding hydrogens is 448 g/mol. The molecule has 3 aromatic rings. The molecule has 2 aromatic carbocycles. The van der Waals surface area contributed by atoms with Crippen molar-refractivity contribution in [3.05, 3.63) is 76.1 Å². The molecule has 0 aliphatic carbocycles. The maximum atomic E-state index is 12.1. The van der Waals surface area contributed by atoms with Crippen molar-refractivity contribution in [3.63, 3.8) is 0 Å². The van der Waals surface area contributed by atoms with E-state index in [0.29, 0.717) is 22.7 Å². The first-order chi connectivity index (χ1) is 15.9. The molecule has 2 amide bonds. The number of hydrazine groups is 1. The molecule has 0 aliphatic heterocycles. The van der Waals surface area contributed by atoms with E-state index in [-0.39, 0.29) is 29.9 Å². The van der Waals surface area contributed by atoms with Crippen molar-refractivity contribution < 1.29 is 19.4 Å². The second kappa shape index (κ2) is 10.9. The number of benzene rings is 2. The average molecular weight is 467 g/mol. The Labute approximate surface area is 194 Å². The van der Waals surface area contributed by atoms with Crippen molar-refractivity contribution in [2.75, 3.05) is 10.7 Å². The van der Waals surface area contributed by atoms with Crippen molar-refractivity contribution in [1.82, 2.24) is 15.4 Å². The van der Waals surface area contributed by atoms with Gasteiger partial charge in [-0.25, -0.2) is 9.97 Å². The van der Waals surface area contributed by atoms with Gasteiger partial charge >= 0.3 is 11.8 Å². The Morgan fingerprint density at radius 1 is 1.15 bits per heavy atom. The van der Waals surface area contributed by atoms with Crippen molar-refractivity contribution in [3.8, 4) is 11.8 Å². The van der Waals surface area contributed by atoms with Gasteiger partial charge in [0.05, 0.1) is 29.0 Å². The fourth-order valence-electron chi connectivity index (χ4n) is 2.72. The van der Waals surface area contributed by atoms with Gasteiger partial charge in [0.15, 0.2) is 0 Å². The minimum absolute atomic E-state index is 0.0325. The normalized spacial score (nSPS) is 10.1. The number of nitrogens with zero attached hydrogens (tertiary/aromatic N) is 3. The zero-order chi connectivity index (χ0) is 23.8. The lowest BCUT2D eigenvalue weighted by molar-refractivity contribution is -0.135. The maximum Gasteiger partial charge on any atom is 0.328 e. The highest BCUT2D eigenvalue weighted by Gasteiger charge is 2.15. The lowest BCUT2D eigenvalue weighted by atomic mass is 10.1. The lowest BCUT2D eigenvalue weighted by Crippen LogP contribution is -2.39. The molecule has 0 unspecified atom stereocenters. The lowest BCUT2D eigenvalue weighted by Gasteiger charge is -2.11. The minimum Gasteiger partial charge on any atom is -0.487 e. The highest BCUT2D eigenvalue weighted by molar-refractivity contribution is 6.40. The Morgan fingerprint density at radius 2 is 1.97 bits per heavy atom. The molecule has 10 nitrogen and oxygen atoms in total. The summed E-state index contributed by atoms with van der Waals surface area (Å²) in [5.74, 6) is -1.53. The molecule has 168 valence electrons. The molecule has 3 rings (SSSR count). The number of nitrogens with one attached hydrogen (secondary N) is 3. The van der Waals surface area contributed by atoms with Gasteiger partial charge in [0.2, 0.25) is 5.95 Å². The molecule has 0 atom stereocenters. The van der Waals surface area contributed by atoms with Gasteiger partial charge in [-0.2, -0.15) is 5.26 Å². The third-order valence-corrected chi connectivity index (χ3v) is 4.50. The number of nitriles is 1. The summed E-state index contributed by atoms with van der Waals surface area (Å²) < 4.78 is 5.67. The van der Waals surface area contributed by atoms with Gasteiger partial charge in [-0.3, -0.25) is 20.4 Å². The number of ether oxygens (including phenoxy) is 1. The minimum atomic E-state index is -0.987. The van der Waals surface area contributed by atoms with E-state index in [1.54, 1.807) is 37.3 Å². The summed E-state index contributed by atoms with van der Waals surface area (Å²) in [5, 5.41) is 20.8. The number of carbonyl (C=O) groups is 2. The van der Waals surface area contributed by atoms with Crippen LogP contribution < -0.4 is 20.9 Å². The number of aromatic nitrogens is 2. The number of carbonyl (C=O) groups excluding carboxylic acids is 2. The van der Waals surface area contributed by atoms with Crippen LogP contribution in [-0.4, -0.2) is 26.9 Å². The Bertz CT molecular complexity index is 1230. The van der Waals surface area contributed by atoms with Gasteiger partial charge in [0, 0.05) is 11.4 Å².